The molecule has 0 bridgehead atoms. The van der Waals surface area contributed by atoms with Crippen molar-refractivity contribution in [3.05, 3.63) is 59.2 Å². The molecule has 1 saturated heterocycles. The third kappa shape index (κ3) is 3.81. The number of nitrogens with one attached hydrogen (secondary N) is 1. The van der Waals surface area contributed by atoms with Crippen molar-refractivity contribution in [3.63, 3.8) is 0 Å². The van der Waals surface area contributed by atoms with Crippen molar-refractivity contribution in [3.8, 4) is 0 Å². The van der Waals surface area contributed by atoms with E-state index in [1.807, 2.05) is 32.0 Å². The topological polar surface area (TPSA) is 66.5 Å². The molecule has 3 rings (SSSR count). The van der Waals surface area contributed by atoms with Gasteiger partial charge >= 0.3 is 0 Å². The molecule has 26 heavy (non-hydrogen) atoms. The van der Waals surface area contributed by atoms with Gasteiger partial charge in [-0.05, 0) is 62.1 Å². The Labute approximate surface area is 155 Å². The summed E-state index contributed by atoms with van der Waals surface area (Å²) < 4.78 is 27.1. The zero-order chi connectivity index (χ0) is 18.7. The summed E-state index contributed by atoms with van der Waals surface area (Å²) in [5, 5.41) is 2.88. The Morgan fingerprint density at radius 2 is 1.69 bits per heavy atom. The number of carbonyl (C=O) groups is 1. The number of sulfonamides is 1. The van der Waals surface area contributed by atoms with Gasteiger partial charge in [0.2, 0.25) is 10.0 Å². The Kier molecular flexibility index (Phi) is 5.44. The van der Waals surface area contributed by atoms with Crippen LogP contribution in [0.3, 0.4) is 0 Å². The Morgan fingerprint density at radius 3 is 2.42 bits per heavy atom. The van der Waals surface area contributed by atoms with Crippen molar-refractivity contribution in [2.75, 3.05) is 18.4 Å². The Morgan fingerprint density at radius 1 is 1.00 bits per heavy atom. The average molecular weight is 372 g/mol. The summed E-state index contributed by atoms with van der Waals surface area (Å²) in [4.78, 5) is 12.8. The van der Waals surface area contributed by atoms with Crippen molar-refractivity contribution < 1.29 is 13.2 Å². The highest BCUT2D eigenvalue weighted by atomic mass is 32.2. The van der Waals surface area contributed by atoms with Crippen molar-refractivity contribution in [1.29, 1.82) is 0 Å². The van der Waals surface area contributed by atoms with Gasteiger partial charge in [0.1, 0.15) is 0 Å². The SMILES string of the molecule is Cc1cccc(NC(=O)c2cccc(S(=O)(=O)N3CCCCC3)c2)c1C. The lowest BCUT2D eigenvalue weighted by Gasteiger charge is -2.26. The normalized spacial score (nSPS) is 15.6. The van der Waals surface area contributed by atoms with Gasteiger partial charge in [-0.25, -0.2) is 8.42 Å². The minimum absolute atomic E-state index is 0.174. The summed E-state index contributed by atoms with van der Waals surface area (Å²) in [5.74, 6) is -0.311. The standard InChI is InChI=1S/C20H24N2O3S/c1-15-8-6-11-19(16(15)2)21-20(23)17-9-7-10-18(14-17)26(24,25)22-12-4-3-5-13-22/h6-11,14H,3-5,12-13H2,1-2H3,(H,21,23). The average Bonchev–Trinajstić information content (AvgIpc) is 2.66. The second kappa shape index (κ2) is 7.60. The predicted octanol–water partition coefficient (Wildman–Crippen LogP) is 3.73. The van der Waals surface area contributed by atoms with Crippen LogP contribution >= 0.6 is 0 Å². The van der Waals surface area contributed by atoms with Gasteiger partial charge in [-0.15, -0.1) is 0 Å². The van der Waals surface area contributed by atoms with Crippen molar-refractivity contribution in [2.45, 2.75) is 38.0 Å². The molecule has 138 valence electrons. The third-order valence-electron chi connectivity index (χ3n) is 4.90. The highest BCUT2D eigenvalue weighted by Gasteiger charge is 2.26. The molecule has 0 aliphatic carbocycles. The molecule has 0 aromatic heterocycles. The van der Waals surface area contributed by atoms with Crippen molar-refractivity contribution in [2.24, 2.45) is 0 Å². The maximum atomic E-state index is 12.8. The van der Waals surface area contributed by atoms with Gasteiger partial charge in [-0.3, -0.25) is 4.79 Å². The van der Waals surface area contributed by atoms with Gasteiger partial charge in [0.15, 0.2) is 0 Å². The molecule has 1 aliphatic heterocycles. The second-order valence-electron chi connectivity index (χ2n) is 6.69. The van der Waals surface area contributed by atoms with E-state index >= 15 is 0 Å². The van der Waals surface area contributed by atoms with E-state index in [4.69, 9.17) is 0 Å². The van der Waals surface area contributed by atoms with Gasteiger partial charge in [-0.1, -0.05) is 24.6 Å². The van der Waals surface area contributed by atoms with E-state index in [9.17, 15) is 13.2 Å². The van der Waals surface area contributed by atoms with E-state index in [1.54, 1.807) is 18.2 Å². The largest absolute Gasteiger partial charge is 0.322 e. The summed E-state index contributed by atoms with van der Waals surface area (Å²) in [7, 11) is -3.55. The molecule has 0 unspecified atom stereocenters. The number of amides is 1. The lowest BCUT2D eigenvalue weighted by molar-refractivity contribution is 0.102. The zero-order valence-electron chi connectivity index (χ0n) is 15.2. The smallest absolute Gasteiger partial charge is 0.255 e. The molecule has 0 spiro atoms. The first-order valence-electron chi connectivity index (χ1n) is 8.87. The van der Waals surface area contributed by atoms with Crippen LogP contribution in [-0.4, -0.2) is 31.7 Å². The fourth-order valence-corrected chi connectivity index (χ4v) is 4.70. The molecule has 5 nitrogen and oxygen atoms in total. The lowest BCUT2D eigenvalue weighted by atomic mass is 10.1. The number of piperidine rings is 1. The van der Waals surface area contributed by atoms with E-state index in [1.165, 1.54) is 10.4 Å². The number of carbonyl (C=O) groups excluding carboxylic acids is 1. The first-order chi connectivity index (χ1) is 12.4. The fraction of sp³-hybridized carbons (Fsp3) is 0.350. The minimum atomic E-state index is -3.55. The number of hydrogen-bond acceptors (Lipinski definition) is 3. The molecule has 1 aliphatic rings. The molecule has 0 saturated carbocycles. The Hall–Kier alpha value is -2.18. The quantitative estimate of drug-likeness (QED) is 0.889. The third-order valence-corrected chi connectivity index (χ3v) is 6.80. The van der Waals surface area contributed by atoms with Gasteiger partial charge in [0, 0.05) is 24.3 Å². The van der Waals surface area contributed by atoms with E-state index in [0.29, 0.717) is 18.7 Å². The van der Waals surface area contributed by atoms with Crippen LogP contribution in [0.2, 0.25) is 0 Å². The molecular weight excluding hydrogens is 348 g/mol. The monoisotopic (exact) mass is 372 g/mol. The number of benzene rings is 2. The highest BCUT2D eigenvalue weighted by molar-refractivity contribution is 7.89. The predicted molar refractivity (Wildman–Crippen MR) is 103 cm³/mol. The summed E-state index contributed by atoms with van der Waals surface area (Å²) in [6, 6.07) is 12.0. The van der Waals surface area contributed by atoms with Crippen LogP contribution in [-0.2, 0) is 10.0 Å². The number of anilines is 1. The molecular formula is C20H24N2O3S. The van der Waals surface area contributed by atoms with Crippen LogP contribution < -0.4 is 5.32 Å². The summed E-state index contributed by atoms with van der Waals surface area (Å²) in [6.45, 7) is 5.02. The van der Waals surface area contributed by atoms with Crippen LogP contribution in [0.15, 0.2) is 47.4 Å². The summed E-state index contributed by atoms with van der Waals surface area (Å²) in [6.07, 6.45) is 2.82. The number of rotatable bonds is 4. The molecule has 2 aromatic rings. The molecule has 1 fully saturated rings. The first-order valence-corrected chi connectivity index (χ1v) is 10.3. The fourth-order valence-electron chi connectivity index (χ4n) is 3.13. The molecule has 2 aromatic carbocycles. The zero-order valence-corrected chi connectivity index (χ0v) is 16.0. The van der Waals surface area contributed by atoms with E-state index in [0.717, 1.165) is 36.1 Å². The summed E-state index contributed by atoms with van der Waals surface area (Å²) >= 11 is 0. The Bertz CT molecular complexity index is 916. The molecule has 1 N–H and O–H groups in total. The number of hydrogen-bond donors (Lipinski definition) is 1. The van der Waals surface area contributed by atoms with Crippen LogP contribution in [0.1, 0.15) is 40.7 Å². The van der Waals surface area contributed by atoms with E-state index in [-0.39, 0.29) is 10.8 Å². The maximum Gasteiger partial charge on any atom is 0.255 e. The molecule has 0 atom stereocenters. The molecule has 6 heteroatoms. The molecule has 0 radical (unpaired) electrons. The Balaban J connectivity index is 1.84. The van der Waals surface area contributed by atoms with Crippen LogP contribution in [0.25, 0.3) is 0 Å². The second-order valence-corrected chi connectivity index (χ2v) is 8.63. The van der Waals surface area contributed by atoms with Crippen molar-refractivity contribution in [1.82, 2.24) is 4.31 Å². The van der Waals surface area contributed by atoms with Gasteiger partial charge in [0.05, 0.1) is 4.90 Å². The van der Waals surface area contributed by atoms with Crippen molar-refractivity contribution >= 4 is 21.6 Å². The first kappa shape index (κ1) is 18.6. The summed E-state index contributed by atoms with van der Waals surface area (Å²) in [5.41, 5.74) is 3.16. The van der Waals surface area contributed by atoms with Gasteiger partial charge in [0.25, 0.3) is 5.91 Å². The van der Waals surface area contributed by atoms with Gasteiger partial charge < -0.3 is 5.32 Å². The molecule has 1 amide bonds. The van der Waals surface area contributed by atoms with Crippen LogP contribution in [0.4, 0.5) is 5.69 Å². The van der Waals surface area contributed by atoms with E-state index < -0.39 is 10.0 Å². The van der Waals surface area contributed by atoms with Crippen LogP contribution in [0, 0.1) is 13.8 Å². The van der Waals surface area contributed by atoms with Gasteiger partial charge in [-0.2, -0.15) is 4.31 Å². The maximum absolute atomic E-state index is 12.8. The van der Waals surface area contributed by atoms with E-state index in [2.05, 4.69) is 5.32 Å². The minimum Gasteiger partial charge on any atom is -0.322 e. The molecule has 1 heterocycles. The lowest BCUT2D eigenvalue weighted by Crippen LogP contribution is -2.35. The number of aryl methyl sites for hydroxylation is 1. The number of nitrogens with zero attached hydrogens (tertiary/aromatic N) is 1. The highest BCUT2D eigenvalue weighted by Crippen LogP contribution is 2.23. The van der Waals surface area contributed by atoms with Crippen LogP contribution in [0.5, 0.6) is 0 Å².